The van der Waals surface area contributed by atoms with Crippen molar-refractivity contribution in [3.05, 3.63) is 23.9 Å². The minimum atomic E-state index is -5.08. The molecule has 3 rings (SSSR count). The fourth-order valence-corrected chi connectivity index (χ4v) is 4.09. The number of hydrogen-bond donors (Lipinski definition) is 3. The number of nitrogens with zero attached hydrogens (tertiary/aromatic N) is 3. The van der Waals surface area contributed by atoms with Gasteiger partial charge in [0.05, 0.1) is 0 Å². The quantitative estimate of drug-likeness (QED) is 0.427. The fraction of sp³-hybridized carbons (Fsp3) is 0.636. The third-order valence-corrected chi connectivity index (χ3v) is 6.15. The molecule has 2 fully saturated rings. The van der Waals surface area contributed by atoms with Crippen LogP contribution in [-0.2, 0) is 20.9 Å². The predicted molar refractivity (Wildman–Crippen MR) is 117 cm³/mol. The van der Waals surface area contributed by atoms with Gasteiger partial charge in [0.25, 0.3) is 0 Å². The zero-order chi connectivity index (χ0) is 25.4. The normalized spacial score (nSPS) is 18.8. The maximum atomic E-state index is 12.9. The van der Waals surface area contributed by atoms with E-state index < -0.39 is 23.5 Å². The van der Waals surface area contributed by atoms with E-state index in [9.17, 15) is 27.9 Å². The summed E-state index contributed by atoms with van der Waals surface area (Å²) >= 11 is 0. The van der Waals surface area contributed by atoms with Crippen LogP contribution in [0.3, 0.4) is 0 Å². The van der Waals surface area contributed by atoms with Crippen molar-refractivity contribution in [3.63, 3.8) is 0 Å². The molecule has 1 aliphatic heterocycles. The van der Waals surface area contributed by atoms with Crippen molar-refractivity contribution < 1.29 is 37.8 Å². The number of carboxylic acids is 2. The van der Waals surface area contributed by atoms with Gasteiger partial charge in [-0.3, -0.25) is 9.59 Å². The van der Waals surface area contributed by atoms with Crippen LogP contribution in [0.1, 0.15) is 44.1 Å². The number of carboxylic acid groups (broad SMARTS) is 2. The van der Waals surface area contributed by atoms with Crippen LogP contribution in [0.4, 0.5) is 19.0 Å². The molecule has 0 spiro atoms. The first-order chi connectivity index (χ1) is 16.0. The van der Waals surface area contributed by atoms with Gasteiger partial charge in [0, 0.05) is 44.5 Å². The highest BCUT2D eigenvalue weighted by atomic mass is 19.4. The number of hydrogen-bond acceptors (Lipinski definition) is 6. The lowest BCUT2D eigenvalue weighted by Crippen LogP contribution is -2.47. The molecule has 0 unspecified atom stereocenters. The Morgan fingerprint density at radius 2 is 1.62 bits per heavy atom. The number of halogens is 3. The van der Waals surface area contributed by atoms with Gasteiger partial charge in [-0.05, 0) is 26.0 Å². The number of nitrogens with one attached hydrogen (secondary N) is 1. The van der Waals surface area contributed by atoms with Crippen LogP contribution in [0.15, 0.2) is 18.3 Å². The molecule has 2 heterocycles. The van der Waals surface area contributed by atoms with Crippen LogP contribution in [0, 0.1) is 5.41 Å². The van der Waals surface area contributed by atoms with Gasteiger partial charge < -0.3 is 25.3 Å². The molecule has 2 aliphatic rings. The number of aromatic nitrogens is 1. The van der Waals surface area contributed by atoms with Gasteiger partial charge in [-0.15, -0.1) is 0 Å². The van der Waals surface area contributed by atoms with Crippen molar-refractivity contribution in [1.29, 1.82) is 0 Å². The molecule has 0 atom stereocenters. The molecule has 3 N–H and O–H groups in total. The van der Waals surface area contributed by atoms with Crippen molar-refractivity contribution in [2.24, 2.45) is 5.41 Å². The molecule has 1 aliphatic carbocycles. The van der Waals surface area contributed by atoms with Crippen LogP contribution in [0.25, 0.3) is 0 Å². The fourth-order valence-electron chi connectivity index (χ4n) is 4.09. The summed E-state index contributed by atoms with van der Waals surface area (Å²) in [6.45, 7) is 4.05. The number of piperazine rings is 1. The molecule has 1 aromatic rings. The van der Waals surface area contributed by atoms with Gasteiger partial charge in [-0.2, -0.15) is 13.2 Å². The number of carbonyl (C=O) groups is 3. The lowest BCUT2D eigenvalue weighted by Gasteiger charge is -2.34. The Balaban J connectivity index is 0.000000509. The standard InChI is InChI=1S/C20H30N4O3.C2HF3O2/c1-23-11-13-24(14-12-23)17-16(7-6-10-21-17)15-22-18(25)20(19(26)27)8-4-2-3-5-9-20;3-2(4,5)1(6)7/h6-7,10H,2-5,8-9,11-15H2,1H3,(H,22,25)(H,26,27);(H,6,7). The van der Waals surface area contributed by atoms with E-state index in [2.05, 4.69) is 27.1 Å². The maximum absolute atomic E-state index is 12.9. The molecule has 1 saturated carbocycles. The minimum Gasteiger partial charge on any atom is -0.480 e. The number of likely N-dealkylation sites (N-methyl/N-ethyl adjacent to an activating group) is 1. The number of alkyl halides is 3. The summed E-state index contributed by atoms with van der Waals surface area (Å²) in [6, 6.07) is 3.82. The van der Waals surface area contributed by atoms with Crippen LogP contribution in [0.5, 0.6) is 0 Å². The van der Waals surface area contributed by atoms with Crippen molar-refractivity contribution in [2.75, 3.05) is 38.1 Å². The molecule has 0 radical (unpaired) electrons. The molecule has 1 saturated heterocycles. The van der Waals surface area contributed by atoms with Gasteiger partial charge in [0.15, 0.2) is 0 Å². The van der Waals surface area contributed by atoms with E-state index in [1.807, 2.05) is 12.1 Å². The molecule has 34 heavy (non-hydrogen) atoms. The monoisotopic (exact) mass is 488 g/mol. The highest BCUT2D eigenvalue weighted by Crippen LogP contribution is 2.36. The molecule has 0 bridgehead atoms. The number of aliphatic carboxylic acids is 2. The molecule has 190 valence electrons. The number of carbonyl (C=O) groups excluding carboxylic acids is 1. The van der Waals surface area contributed by atoms with Crippen molar-refractivity contribution in [2.45, 2.75) is 51.2 Å². The number of anilines is 1. The van der Waals surface area contributed by atoms with E-state index >= 15 is 0 Å². The Morgan fingerprint density at radius 1 is 1.06 bits per heavy atom. The molecular formula is C22H31F3N4O5. The van der Waals surface area contributed by atoms with Gasteiger partial charge in [0.1, 0.15) is 11.2 Å². The predicted octanol–water partition coefficient (Wildman–Crippen LogP) is 2.51. The second-order valence-electron chi connectivity index (χ2n) is 8.56. The molecule has 1 amide bonds. The molecular weight excluding hydrogens is 457 g/mol. The number of pyridine rings is 1. The summed E-state index contributed by atoms with van der Waals surface area (Å²) in [5.74, 6) is -3.22. The zero-order valence-corrected chi connectivity index (χ0v) is 19.1. The first-order valence-corrected chi connectivity index (χ1v) is 11.2. The summed E-state index contributed by atoms with van der Waals surface area (Å²) in [7, 11) is 2.11. The summed E-state index contributed by atoms with van der Waals surface area (Å²) in [6.07, 6.45) is 1.11. The minimum absolute atomic E-state index is 0.309. The SMILES string of the molecule is CN1CCN(c2ncccc2CNC(=O)C2(C(=O)O)CCCCCC2)CC1.O=C(O)C(F)(F)F. The van der Waals surface area contributed by atoms with Gasteiger partial charge in [0.2, 0.25) is 5.91 Å². The lowest BCUT2D eigenvalue weighted by atomic mass is 9.79. The van der Waals surface area contributed by atoms with E-state index in [-0.39, 0.29) is 5.91 Å². The van der Waals surface area contributed by atoms with Crippen LogP contribution < -0.4 is 10.2 Å². The van der Waals surface area contributed by atoms with Gasteiger partial charge in [-0.1, -0.05) is 31.7 Å². The summed E-state index contributed by atoms with van der Waals surface area (Å²) in [4.78, 5) is 42.8. The highest BCUT2D eigenvalue weighted by molar-refractivity contribution is 6.01. The van der Waals surface area contributed by atoms with Crippen LogP contribution >= 0.6 is 0 Å². The van der Waals surface area contributed by atoms with Crippen LogP contribution in [0.2, 0.25) is 0 Å². The Bertz CT molecular complexity index is 849. The first kappa shape index (κ1) is 27.4. The lowest BCUT2D eigenvalue weighted by molar-refractivity contribution is -0.192. The molecule has 1 aromatic heterocycles. The van der Waals surface area contributed by atoms with E-state index in [0.29, 0.717) is 19.4 Å². The van der Waals surface area contributed by atoms with Crippen molar-refractivity contribution >= 4 is 23.7 Å². The Hall–Kier alpha value is -2.89. The second kappa shape index (κ2) is 12.0. The molecule has 12 heteroatoms. The Morgan fingerprint density at radius 3 is 2.12 bits per heavy atom. The average Bonchev–Trinajstić information content (AvgIpc) is 3.05. The third-order valence-electron chi connectivity index (χ3n) is 6.15. The highest BCUT2D eigenvalue weighted by Gasteiger charge is 2.45. The van der Waals surface area contributed by atoms with Crippen LogP contribution in [-0.4, -0.2) is 77.3 Å². The first-order valence-electron chi connectivity index (χ1n) is 11.2. The third kappa shape index (κ3) is 7.31. The largest absolute Gasteiger partial charge is 0.490 e. The van der Waals surface area contributed by atoms with Gasteiger partial charge in [-0.25, -0.2) is 9.78 Å². The zero-order valence-electron chi connectivity index (χ0n) is 19.1. The average molecular weight is 489 g/mol. The summed E-state index contributed by atoms with van der Waals surface area (Å²) in [5, 5.41) is 19.8. The van der Waals surface area contributed by atoms with Crippen molar-refractivity contribution in [3.8, 4) is 0 Å². The number of amides is 1. The Kier molecular flexibility index (Phi) is 9.66. The smallest absolute Gasteiger partial charge is 0.480 e. The summed E-state index contributed by atoms with van der Waals surface area (Å²) in [5.41, 5.74) is -0.350. The molecule has 9 nitrogen and oxygen atoms in total. The number of rotatable bonds is 5. The van der Waals surface area contributed by atoms with E-state index in [4.69, 9.17) is 9.90 Å². The Labute approximate surface area is 195 Å². The topological polar surface area (TPSA) is 123 Å². The van der Waals surface area contributed by atoms with E-state index in [0.717, 1.165) is 63.2 Å². The van der Waals surface area contributed by atoms with E-state index in [1.165, 1.54) is 0 Å². The second-order valence-corrected chi connectivity index (χ2v) is 8.56. The molecule has 0 aromatic carbocycles. The van der Waals surface area contributed by atoms with E-state index in [1.54, 1.807) is 6.20 Å². The summed E-state index contributed by atoms with van der Waals surface area (Å²) < 4.78 is 31.7. The van der Waals surface area contributed by atoms with Crippen molar-refractivity contribution in [1.82, 2.24) is 15.2 Å². The van der Waals surface area contributed by atoms with Gasteiger partial charge >= 0.3 is 18.1 Å². The maximum Gasteiger partial charge on any atom is 0.490 e.